The van der Waals surface area contributed by atoms with Crippen LogP contribution in [0, 0.1) is 0 Å². The summed E-state index contributed by atoms with van der Waals surface area (Å²) in [5.41, 5.74) is 0.957. The number of imidazole rings is 1. The molecule has 0 aliphatic heterocycles. The topological polar surface area (TPSA) is 90.2 Å². The predicted molar refractivity (Wildman–Crippen MR) is 95.2 cm³/mol. The summed E-state index contributed by atoms with van der Waals surface area (Å²) in [4.78, 5) is 24.2. The second-order valence-electron chi connectivity index (χ2n) is 6.71. The Morgan fingerprint density at radius 3 is 2.44 bits per heavy atom. The minimum absolute atomic E-state index is 0.0556. The minimum Gasteiger partial charge on any atom is -0.352 e. The second-order valence-corrected chi connectivity index (χ2v) is 8.70. The Labute approximate surface area is 146 Å². The van der Waals surface area contributed by atoms with Crippen molar-refractivity contribution in [2.24, 2.45) is 14.1 Å². The summed E-state index contributed by atoms with van der Waals surface area (Å²) in [6, 6.07) is 4.59. The van der Waals surface area contributed by atoms with Crippen molar-refractivity contribution >= 4 is 26.8 Å². The number of nitrogens with one attached hydrogen (secondary N) is 1. The van der Waals surface area contributed by atoms with Crippen molar-refractivity contribution in [1.82, 2.24) is 14.5 Å². The first-order chi connectivity index (χ1) is 11.8. The van der Waals surface area contributed by atoms with Crippen molar-refractivity contribution in [3.63, 3.8) is 0 Å². The summed E-state index contributed by atoms with van der Waals surface area (Å²) in [7, 11) is -0.529. The molecule has 3 rings (SSSR count). The molecule has 0 atom stereocenters. The summed E-state index contributed by atoms with van der Waals surface area (Å²) in [5.74, 6) is -1.04. The first-order valence-electron chi connectivity index (χ1n) is 8.47. The molecule has 1 aliphatic rings. The lowest BCUT2D eigenvalue weighted by molar-refractivity contribution is -0.119. The molecule has 1 heterocycles. The number of aryl methyl sites for hydroxylation is 2. The van der Waals surface area contributed by atoms with E-state index in [1.165, 1.54) is 27.7 Å². The molecular formula is C17H23N3O4S. The smallest absolute Gasteiger partial charge is 0.328 e. The highest BCUT2D eigenvalue weighted by atomic mass is 32.2. The molecule has 2 aromatic rings. The summed E-state index contributed by atoms with van der Waals surface area (Å²) in [6.45, 7) is 0. The average molecular weight is 365 g/mol. The normalized spacial score (nSPS) is 16.2. The van der Waals surface area contributed by atoms with Crippen LogP contribution < -0.4 is 11.0 Å². The van der Waals surface area contributed by atoms with Crippen LogP contribution in [0.15, 0.2) is 27.9 Å². The Hall–Kier alpha value is -2.09. The van der Waals surface area contributed by atoms with Gasteiger partial charge in [0.25, 0.3) is 0 Å². The van der Waals surface area contributed by atoms with E-state index in [1.807, 2.05) is 0 Å². The summed E-state index contributed by atoms with van der Waals surface area (Å²) < 4.78 is 28.0. The van der Waals surface area contributed by atoms with E-state index in [0.29, 0.717) is 11.0 Å². The SMILES string of the molecule is Cn1c(=O)n(C)c2cc(S(=O)(=O)CC(=O)NC3CCCCC3)ccc21. The van der Waals surface area contributed by atoms with Gasteiger partial charge in [-0.05, 0) is 31.0 Å². The van der Waals surface area contributed by atoms with Crippen LogP contribution in [0.3, 0.4) is 0 Å². The quantitative estimate of drug-likeness (QED) is 0.878. The van der Waals surface area contributed by atoms with Crippen molar-refractivity contribution in [1.29, 1.82) is 0 Å². The molecule has 136 valence electrons. The molecule has 0 unspecified atom stereocenters. The number of carbonyl (C=O) groups excluding carboxylic acids is 1. The van der Waals surface area contributed by atoms with Crippen molar-refractivity contribution in [3.05, 3.63) is 28.7 Å². The van der Waals surface area contributed by atoms with E-state index in [-0.39, 0.29) is 16.6 Å². The van der Waals surface area contributed by atoms with E-state index in [4.69, 9.17) is 0 Å². The van der Waals surface area contributed by atoms with E-state index < -0.39 is 21.5 Å². The number of hydrogen-bond donors (Lipinski definition) is 1. The van der Waals surface area contributed by atoms with E-state index >= 15 is 0 Å². The van der Waals surface area contributed by atoms with Gasteiger partial charge in [-0.15, -0.1) is 0 Å². The standard InChI is InChI=1S/C17H23N3O4S/c1-19-14-9-8-13(10-15(14)20(2)17(19)22)25(23,24)11-16(21)18-12-6-4-3-5-7-12/h8-10,12H,3-7,11H2,1-2H3,(H,18,21). The van der Waals surface area contributed by atoms with Crippen LogP contribution in [0.4, 0.5) is 0 Å². The zero-order chi connectivity index (χ0) is 18.2. The number of aromatic nitrogens is 2. The zero-order valence-corrected chi connectivity index (χ0v) is 15.3. The molecule has 1 saturated carbocycles. The van der Waals surface area contributed by atoms with Gasteiger partial charge in [-0.1, -0.05) is 19.3 Å². The first kappa shape index (κ1) is 17.7. The van der Waals surface area contributed by atoms with Crippen LogP contribution in [0.2, 0.25) is 0 Å². The minimum atomic E-state index is -3.76. The Morgan fingerprint density at radius 2 is 1.76 bits per heavy atom. The number of sulfone groups is 1. The Morgan fingerprint density at radius 1 is 1.12 bits per heavy atom. The van der Waals surface area contributed by atoms with Gasteiger partial charge in [-0.2, -0.15) is 0 Å². The number of hydrogen-bond acceptors (Lipinski definition) is 4. The lowest BCUT2D eigenvalue weighted by Crippen LogP contribution is -2.39. The van der Waals surface area contributed by atoms with Gasteiger partial charge in [0.2, 0.25) is 5.91 Å². The lowest BCUT2D eigenvalue weighted by Gasteiger charge is -2.22. The number of nitrogens with zero attached hydrogens (tertiary/aromatic N) is 2. The number of rotatable bonds is 4. The zero-order valence-electron chi connectivity index (χ0n) is 14.5. The van der Waals surface area contributed by atoms with Gasteiger partial charge < -0.3 is 5.32 Å². The van der Waals surface area contributed by atoms with Crippen LogP contribution in [0.1, 0.15) is 32.1 Å². The maximum atomic E-state index is 12.6. The Bertz CT molecular complexity index is 966. The van der Waals surface area contributed by atoms with Crippen LogP contribution in [-0.4, -0.2) is 35.3 Å². The number of carbonyl (C=O) groups is 1. The number of benzene rings is 1. The monoisotopic (exact) mass is 365 g/mol. The van der Waals surface area contributed by atoms with E-state index in [1.54, 1.807) is 20.2 Å². The van der Waals surface area contributed by atoms with Gasteiger partial charge >= 0.3 is 5.69 Å². The largest absolute Gasteiger partial charge is 0.352 e. The Kier molecular flexibility index (Phi) is 4.73. The molecule has 1 fully saturated rings. The molecule has 1 aliphatic carbocycles. The highest BCUT2D eigenvalue weighted by molar-refractivity contribution is 7.92. The molecule has 1 amide bonds. The van der Waals surface area contributed by atoms with E-state index in [2.05, 4.69) is 5.32 Å². The van der Waals surface area contributed by atoms with Crippen molar-refractivity contribution in [2.75, 3.05) is 5.75 Å². The Balaban J connectivity index is 1.82. The fraction of sp³-hybridized carbons (Fsp3) is 0.529. The molecule has 8 heteroatoms. The van der Waals surface area contributed by atoms with Gasteiger partial charge in [0.05, 0.1) is 15.9 Å². The van der Waals surface area contributed by atoms with Crippen LogP contribution in [0.25, 0.3) is 11.0 Å². The molecule has 0 radical (unpaired) electrons. The maximum Gasteiger partial charge on any atom is 0.328 e. The highest BCUT2D eigenvalue weighted by Gasteiger charge is 2.23. The molecule has 1 aromatic carbocycles. The molecular weight excluding hydrogens is 342 g/mol. The average Bonchev–Trinajstić information content (AvgIpc) is 2.79. The van der Waals surface area contributed by atoms with Gasteiger partial charge in [-0.3, -0.25) is 13.9 Å². The van der Waals surface area contributed by atoms with Gasteiger partial charge in [0.1, 0.15) is 5.75 Å². The molecule has 1 aromatic heterocycles. The summed E-state index contributed by atoms with van der Waals surface area (Å²) >= 11 is 0. The third kappa shape index (κ3) is 3.49. The van der Waals surface area contributed by atoms with Crippen molar-refractivity contribution < 1.29 is 13.2 Å². The molecule has 1 N–H and O–H groups in total. The third-order valence-corrected chi connectivity index (χ3v) is 6.51. The van der Waals surface area contributed by atoms with E-state index in [9.17, 15) is 18.0 Å². The maximum absolute atomic E-state index is 12.6. The van der Waals surface area contributed by atoms with Crippen LogP contribution >= 0.6 is 0 Å². The van der Waals surface area contributed by atoms with Gasteiger partial charge in [0, 0.05) is 20.1 Å². The lowest BCUT2D eigenvalue weighted by atomic mass is 9.95. The van der Waals surface area contributed by atoms with Crippen molar-refractivity contribution in [3.8, 4) is 0 Å². The molecule has 0 bridgehead atoms. The highest BCUT2D eigenvalue weighted by Crippen LogP contribution is 2.20. The molecule has 7 nitrogen and oxygen atoms in total. The van der Waals surface area contributed by atoms with Crippen LogP contribution in [-0.2, 0) is 28.7 Å². The summed E-state index contributed by atoms with van der Waals surface area (Å²) in [5, 5.41) is 2.83. The van der Waals surface area contributed by atoms with Gasteiger partial charge in [-0.25, -0.2) is 13.2 Å². The fourth-order valence-corrected chi connectivity index (χ4v) is 4.61. The predicted octanol–water partition coefficient (Wildman–Crippen LogP) is 1.10. The second kappa shape index (κ2) is 6.67. The number of fused-ring (bicyclic) bond motifs is 1. The number of amides is 1. The summed E-state index contributed by atoms with van der Waals surface area (Å²) in [6.07, 6.45) is 5.11. The molecule has 0 spiro atoms. The van der Waals surface area contributed by atoms with Crippen molar-refractivity contribution in [2.45, 2.75) is 43.0 Å². The van der Waals surface area contributed by atoms with Gasteiger partial charge in [0.15, 0.2) is 9.84 Å². The molecule has 0 saturated heterocycles. The van der Waals surface area contributed by atoms with Crippen LogP contribution in [0.5, 0.6) is 0 Å². The third-order valence-electron chi connectivity index (χ3n) is 4.89. The van der Waals surface area contributed by atoms with E-state index in [0.717, 1.165) is 25.7 Å². The fourth-order valence-electron chi connectivity index (χ4n) is 3.45. The first-order valence-corrected chi connectivity index (χ1v) is 10.1. The molecule has 25 heavy (non-hydrogen) atoms.